The van der Waals surface area contributed by atoms with Crippen molar-refractivity contribution in [2.45, 2.75) is 57.9 Å². The number of hydrogen-bond acceptors (Lipinski definition) is 2. The summed E-state index contributed by atoms with van der Waals surface area (Å²) in [5.74, 6) is 1.83. The van der Waals surface area contributed by atoms with Gasteiger partial charge in [0.1, 0.15) is 0 Å². The molecule has 0 bridgehead atoms. The van der Waals surface area contributed by atoms with Crippen molar-refractivity contribution in [1.29, 1.82) is 0 Å². The summed E-state index contributed by atoms with van der Waals surface area (Å²) in [6, 6.07) is 0.422. The van der Waals surface area contributed by atoms with Gasteiger partial charge in [0, 0.05) is 19.0 Å². The van der Waals surface area contributed by atoms with Gasteiger partial charge in [0.2, 0.25) is 5.91 Å². The SMILES string of the molecule is CC1CCC(CNC(=O)CC2CCCCN2)C1. The summed E-state index contributed by atoms with van der Waals surface area (Å²) in [6.45, 7) is 4.29. The fraction of sp³-hybridized carbons (Fsp3) is 0.929. The quantitative estimate of drug-likeness (QED) is 0.787. The summed E-state index contributed by atoms with van der Waals surface area (Å²) in [7, 11) is 0. The van der Waals surface area contributed by atoms with Gasteiger partial charge in [-0.1, -0.05) is 19.8 Å². The van der Waals surface area contributed by atoms with Crippen molar-refractivity contribution in [2.24, 2.45) is 11.8 Å². The Morgan fingerprint density at radius 1 is 1.29 bits per heavy atom. The molecular weight excluding hydrogens is 212 g/mol. The van der Waals surface area contributed by atoms with Gasteiger partial charge in [-0.3, -0.25) is 4.79 Å². The molecule has 0 aromatic carbocycles. The Morgan fingerprint density at radius 2 is 2.18 bits per heavy atom. The van der Waals surface area contributed by atoms with Crippen LogP contribution in [-0.2, 0) is 4.79 Å². The van der Waals surface area contributed by atoms with Crippen LogP contribution in [0.4, 0.5) is 0 Å². The summed E-state index contributed by atoms with van der Waals surface area (Å²) < 4.78 is 0. The van der Waals surface area contributed by atoms with Gasteiger partial charge in [-0.25, -0.2) is 0 Å². The summed E-state index contributed by atoms with van der Waals surface area (Å²) in [4.78, 5) is 11.8. The van der Waals surface area contributed by atoms with Crippen LogP contribution < -0.4 is 10.6 Å². The fourth-order valence-corrected chi connectivity index (χ4v) is 3.16. The molecule has 2 N–H and O–H groups in total. The van der Waals surface area contributed by atoms with Gasteiger partial charge >= 0.3 is 0 Å². The highest BCUT2D eigenvalue weighted by molar-refractivity contribution is 5.76. The van der Waals surface area contributed by atoms with Crippen LogP contribution in [0.2, 0.25) is 0 Å². The summed E-state index contributed by atoms with van der Waals surface area (Å²) >= 11 is 0. The second-order valence-electron chi connectivity index (χ2n) is 5.94. The molecule has 1 aliphatic heterocycles. The van der Waals surface area contributed by atoms with Crippen LogP contribution in [0, 0.1) is 11.8 Å². The zero-order chi connectivity index (χ0) is 12.1. The molecule has 98 valence electrons. The number of nitrogens with one attached hydrogen (secondary N) is 2. The molecule has 2 aliphatic rings. The van der Waals surface area contributed by atoms with Crippen LogP contribution in [0.15, 0.2) is 0 Å². The lowest BCUT2D eigenvalue weighted by molar-refractivity contribution is -0.121. The standard InChI is InChI=1S/C14H26N2O/c1-11-5-6-12(8-11)10-16-14(17)9-13-4-2-3-7-15-13/h11-13,15H,2-10H2,1H3,(H,16,17). The van der Waals surface area contributed by atoms with Gasteiger partial charge < -0.3 is 10.6 Å². The molecule has 17 heavy (non-hydrogen) atoms. The average molecular weight is 238 g/mol. The van der Waals surface area contributed by atoms with Crippen molar-refractivity contribution in [3.8, 4) is 0 Å². The predicted octanol–water partition coefficient (Wildman–Crippen LogP) is 2.07. The summed E-state index contributed by atoms with van der Waals surface area (Å²) in [6.07, 6.45) is 8.29. The topological polar surface area (TPSA) is 41.1 Å². The van der Waals surface area contributed by atoms with Crippen LogP contribution in [-0.4, -0.2) is 25.0 Å². The van der Waals surface area contributed by atoms with E-state index in [-0.39, 0.29) is 5.91 Å². The third-order valence-corrected chi connectivity index (χ3v) is 4.24. The Bertz CT molecular complexity index is 249. The minimum atomic E-state index is 0.240. The van der Waals surface area contributed by atoms with Gasteiger partial charge in [0.05, 0.1) is 0 Å². The first-order valence-electron chi connectivity index (χ1n) is 7.24. The molecule has 1 amide bonds. The van der Waals surface area contributed by atoms with Gasteiger partial charge in [-0.2, -0.15) is 0 Å². The van der Waals surface area contributed by atoms with Crippen molar-refractivity contribution in [1.82, 2.24) is 10.6 Å². The molecular formula is C14H26N2O. The normalized spacial score (nSPS) is 33.6. The number of rotatable bonds is 4. The molecule has 0 spiro atoms. The molecule has 3 unspecified atom stereocenters. The lowest BCUT2D eigenvalue weighted by atomic mass is 10.0. The van der Waals surface area contributed by atoms with Crippen molar-refractivity contribution in [3.63, 3.8) is 0 Å². The molecule has 0 aromatic heterocycles. The van der Waals surface area contributed by atoms with E-state index < -0.39 is 0 Å². The first-order chi connectivity index (χ1) is 8.24. The van der Waals surface area contributed by atoms with E-state index in [1.54, 1.807) is 0 Å². The second kappa shape index (κ2) is 6.39. The monoisotopic (exact) mass is 238 g/mol. The molecule has 1 saturated heterocycles. The van der Waals surface area contributed by atoms with Crippen LogP contribution in [0.1, 0.15) is 51.9 Å². The minimum Gasteiger partial charge on any atom is -0.356 e. The fourth-order valence-electron chi connectivity index (χ4n) is 3.16. The predicted molar refractivity (Wildman–Crippen MR) is 69.8 cm³/mol. The Labute approximate surface area is 105 Å². The van der Waals surface area contributed by atoms with E-state index in [9.17, 15) is 4.79 Å². The number of carbonyl (C=O) groups excluding carboxylic acids is 1. The number of hydrogen-bond donors (Lipinski definition) is 2. The van der Waals surface area contributed by atoms with Crippen molar-refractivity contribution in [2.75, 3.05) is 13.1 Å². The first-order valence-corrected chi connectivity index (χ1v) is 7.24. The van der Waals surface area contributed by atoms with Gasteiger partial charge in [0.25, 0.3) is 0 Å². The highest BCUT2D eigenvalue weighted by Crippen LogP contribution is 2.29. The molecule has 3 atom stereocenters. The van der Waals surface area contributed by atoms with Gasteiger partial charge in [-0.15, -0.1) is 0 Å². The molecule has 3 heteroatoms. The lowest BCUT2D eigenvalue weighted by Crippen LogP contribution is -2.39. The Kier molecular flexibility index (Phi) is 4.84. The maximum Gasteiger partial charge on any atom is 0.221 e. The molecule has 3 nitrogen and oxygen atoms in total. The minimum absolute atomic E-state index is 0.240. The molecule has 0 aromatic rings. The second-order valence-corrected chi connectivity index (χ2v) is 5.94. The third-order valence-electron chi connectivity index (χ3n) is 4.24. The summed E-state index contributed by atoms with van der Waals surface area (Å²) in [5.41, 5.74) is 0. The number of carbonyl (C=O) groups is 1. The Hall–Kier alpha value is -0.570. The summed E-state index contributed by atoms with van der Waals surface area (Å²) in [5, 5.41) is 6.54. The van der Waals surface area contributed by atoms with Crippen molar-refractivity contribution in [3.05, 3.63) is 0 Å². The smallest absolute Gasteiger partial charge is 0.221 e. The molecule has 2 rings (SSSR count). The zero-order valence-electron chi connectivity index (χ0n) is 11.0. The zero-order valence-corrected chi connectivity index (χ0v) is 11.0. The molecule has 2 fully saturated rings. The van der Waals surface area contributed by atoms with E-state index in [4.69, 9.17) is 0 Å². The van der Waals surface area contributed by atoms with Crippen molar-refractivity contribution >= 4 is 5.91 Å². The molecule has 1 saturated carbocycles. The maximum absolute atomic E-state index is 11.8. The van der Waals surface area contributed by atoms with Crippen LogP contribution in [0.5, 0.6) is 0 Å². The Balaban J connectivity index is 1.60. The largest absolute Gasteiger partial charge is 0.356 e. The average Bonchev–Trinajstić information content (AvgIpc) is 2.74. The first kappa shape index (κ1) is 12.9. The maximum atomic E-state index is 11.8. The molecule has 1 aliphatic carbocycles. The lowest BCUT2D eigenvalue weighted by Gasteiger charge is -2.23. The highest BCUT2D eigenvalue weighted by atomic mass is 16.1. The van der Waals surface area contributed by atoms with Crippen LogP contribution >= 0.6 is 0 Å². The van der Waals surface area contributed by atoms with E-state index in [2.05, 4.69) is 17.6 Å². The third kappa shape index (κ3) is 4.30. The Morgan fingerprint density at radius 3 is 2.82 bits per heavy atom. The van der Waals surface area contributed by atoms with Crippen LogP contribution in [0.25, 0.3) is 0 Å². The van der Waals surface area contributed by atoms with E-state index >= 15 is 0 Å². The van der Waals surface area contributed by atoms with E-state index in [0.29, 0.717) is 12.5 Å². The number of amides is 1. The van der Waals surface area contributed by atoms with E-state index in [0.717, 1.165) is 31.3 Å². The van der Waals surface area contributed by atoms with Crippen molar-refractivity contribution < 1.29 is 4.79 Å². The van der Waals surface area contributed by atoms with Crippen LogP contribution in [0.3, 0.4) is 0 Å². The highest BCUT2D eigenvalue weighted by Gasteiger charge is 2.22. The van der Waals surface area contributed by atoms with E-state index in [1.165, 1.54) is 32.1 Å². The van der Waals surface area contributed by atoms with Gasteiger partial charge in [0.15, 0.2) is 0 Å². The molecule has 0 radical (unpaired) electrons. The van der Waals surface area contributed by atoms with E-state index in [1.807, 2.05) is 0 Å². The molecule has 1 heterocycles. The number of piperidine rings is 1. The van der Waals surface area contributed by atoms with Gasteiger partial charge in [-0.05, 0) is 44.1 Å².